The van der Waals surface area contributed by atoms with E-state index < -0.39 is 5.97 Å². The summed E-state index contributed by atoms with van der Waals surface area (Å²) in [6, 6.07) is 7.57. The summed E-state index contributed by atoms with van der Waals surface area (Å²) in [5, 5.41) is 13.8. The molecule has 1 aromatic carbocycles. The Bertz CT molecular complexity index is 429. The summed E-state index contributed by atoms with van der Waals surface area (Å²) in [4.78, 5) is 22.0. The molecule has 19 heavy (non-hydrogen) atoms. The summed E-state index contributed by atoms with van der Waals surface area (Å²) < 4.78 is 0. The average Bonchev–Trinajstić information content (AvgIpc) is 2.36. The zero-order valence-corrected chi connectivity index (χ0v) is 11.3. The van der Waals surface area contributed by atoms with Gasteiger partial charge < -0.3 is 15.7 Å². The number of benzene rings is 1. The number of hydrogen-bond donors (Lipinski definition) is 3. The van der Waals surface area contributed by atoms with Crippen LogP contribution in [0.25, 0.3) is 0 Å². The first-order chi connectivity index (χ1) is 9.02. The van der Waals surface area contributed by atoms with Crippen LogP contribution in [0.2, 0.25) is 0 Å². The van der Waals surface area contributed by atoms with Gasteiger partial charge in [0.1, 0.15) is 0 Å². The predicted octanol–water partition coefficient (Wildman–Crippen LogP) is 2.22. The number of hydrogen-bond acceptors (Lipinski definition) is 2. The maximum Gasteiger partial charge on any atom is 0.315 e. The number of carboxylic acids is 1. The second kappa shape index (κ2) is 7.41. The molecule has 0 saturated heterocycles. The lowest BCUT2D eigenvalue weighted by Gasteiger charge is -2.18. The Morgan fingerprint density at radius 2 is 1.89 bits per heavy atom. The van der Waals surface area contributed by atoms with Gasteiger partial charge in [0.05, 0.1) is 12.5 Å². The van der Waals surface area contributed by atoms with Gasteiger partial charge in [-0.25, -0.2) is 4.79 Å². The van der Waals surface area contributed by atoms with E-state index in [4.69, 9.17) is 5.11 Å². The van der Waals surface area contributed by atoms with Crippen LogP contribution < -0.4 is 10.6 Å². The lowest BCUT2D eigenvalue weighted by molar-refractivity contribution is -0.136. The highest BCUT2D eigenvalue weighted by Crippen LogP contribution is 2.16. The minimum Gasteiger partial charge on any atom is -0.481 e. The van der Waals surface area contributed by atoms with Gasteiger partial charge in [-0.15, -0.1) is 0 Å². The molecule has 0 saturated carbocycles. The molecule has 3 N–H and O–H groups in total. The van der Waals surface area contributed by atoms with Crippen LogP contribution in [0.15, 0.2) is 24.3 Å². The van der Waals surface area contributed by atoms with E-state index in [1.165, 1.54) is 5.56 Å². The number of aliphatic carboxylic acids is 1. The van der Waals surface area contributed by atoms with Crippen LogP contribution in [0.5, 0.6) is 0 Å². The molecule has 1 atom stereocenters. The van der Waals surface area contributed by atoms with Gasteiger partial charge in [-0.1, -0.05) is 36.8 Å². The van der Waals surface area contributed by atoms with Crippen molar-refractivity contribution in [3.05, 3.63) is 35.4 Å². The molecule has 5 heteroatoms. The number of amides is 2. The second-order valence-electron chi connectivity index (χ2n) is 4.42. The predicted molar refractivity (Wildman–Crippen MR) is 73.0 cm³/mol. The number of carbonyl (C=O) groups excluding carboxylic acids is 1. The fourth-order valence-electron chi connectivity index (χ4n) is 1.71. The average molecular weight is 264 g/mol. The van der Waals surface area contributed by atoms with Crippen LogP contribution in [0.4, 0.5) is 4.79 Å². The van der Waals surface area contributed by atoms with E-state index in [-0.39, 0.29) is 25.0 Å². The minimum atomic E-state index is -0.925. The highest BCUT2D eigenvalue weighted by Gasteiger charge is 2.12. The Labute approximate surface area is 113 Å². The van der Waals surface area contributed by atoms with Crippen LogP contribution in [0, 0.1) is 6.92 Å². The zero-order valence-electron chi connectivity index (χ0n) is 11.3. The molecule has 1 rings (SSSR count). The molecule has 0 heterocycles. The van der Waals surface area contributed by atoms with E-state index in [1.807, 2.05) is 38.1 Å². The summed E-state index contributed by atoms with van der Waals surface area (Å²) in [5.41, 5.74) is 2.21. The molecule has 0 aliphatic rings. The maximum absolute atomic E-state index is 11.6. The van der Waals surface area contributed by atoms with E-state index >= 15 is 0 Å². The summed E-state index contributed by atoms with van der Waals surface area (Å²) in [6.45, 7) is 4.13. The third-order valence-corrected chi connectivity index (χ3v) is 2.82. The molecule has 5 nitrogen and oxygen atoms in total. The zero-order chi connectivity index (χ0) is 14.3. The molecule has 0 bridgehead atoms. The minimum absolute atomic E-state index is 0.0644. The Morgan fingerprint density at radius 1 is 1.26 bits per heavy atom. The highest BCUT2D eigenvalue weighted by molar-refractivity contribution is 5.75. The summed E-state index contributed by atoms with van der Waals surface area (Å²) in [7, 11) is 0. The van der Waals surface area contributed by atoms with Gasteiger partial charge in [0.25, 0.3) is 0 Å². The van der Waals surface area contributed by atoms with E-state index in [9.17, 15) is 9.59 Å². The normalized spacial score (nSPS) is 11.7. The third kappa shape index (κ3) is 5.42. The van der Waals surface area contributed by atoms with Crippen LogP contribution >= 0.6 is 0 Å². The summed E-state index contributed by atoms with van der Waals surface area (Å²) in [6.07, 6.45) is 0.699. The van der Waals surface area contributed by atoms with Gasteiger partial charge in [-0.3, -0.25) is 4.79 Å². The Hall–Kier alpha value is -2.04. The van der Waals surface area contributed by atoms with Crippen molar-refractivity contribution in [3.63, 3.8) is 0 Å². The van der Waals surface area contributed by atoms with Crippen molar-refractivity contribution < 1.29 is 14.7 Å². The molecule has 1 aromatic rings. The van der Waals surface area contributed by atoms with Crippen LogP contribution in [0.3, 0.4) is 0 Å². The van der Waals surface area contributed by atoms with Gasteiger partial charge in [0.2, 0.25) is 0 Å². The number of nitrogens with one attached hydrogen (secondary N) is 2. The van der Waals surface area contributed by atoms with Crippen LogP contribution in [-0.2, 0) is 4.79 Å². The van der Waals surface area contributed by atoms with Gasteiger partial charge in [0, 0.05) is 6.54 Å². The second-order valence-corrected chi connectivity index (χ2v) is 4.42. The quantitative estimate of drug-likeness (QED) is 0.737. The number of carboxylic acid groups (broad SMARTS) is 1. The van der Waals surface area contributed by atoms with Crippen molar-refractivity contribution in [1.29, 1.82) is 0 Å². The third-order valence-electron chi connectivity index (χ3n) is 2.82. The van der Waals surface area contributed by atoms with Crippen LogP contribution in [0.1, 0.15) is 36.9 Å². The summed E-state index contributed by atoms with van der Waals surface area (Å²) >= 11 is 0. The molecule has 1 unspecified atom stereocenters. The molecule has 0 aliphatic heterocycles. The molecular formula is C14H20N2O3. The summed E-state index contributed by atoms with van der Waals surface area (Å²) in [5.74, 6) is -0.925. The van der Waals surface area contributed by atoms with E-state index in [0.717, 1.165) is 12.0 Å². The van der Waals surface area contributed by atoms with Gasteiger partial charge >= 0.3 is 12.0 Å². The highest BCUT2D eigenvalue weighted by atomic mass is 16.4. The number of rotatable bonds is 6. The van der Waals surface area contributed by atoms with Crippen LogP contribution in [-0.4, -0.2) is 23.7 Å². The van der Waals surface area contributed by atoms with E-state index in [1.54, 1.807) is 0 Å². The fourth-order valence-corrected chi connectivity index (χ4v) is 1.71. The maximum atomic E-state index is 11.6. The largest absolute Gasteiger partial charge is 0.481 e. The molecule has 0 aromatic heterocycles. The van der Waals surface area contributed by atoms with Gasteiger partial charge in [0.15, 0.2) is 0 Å². The van der Waals surface area contributed by atoms with Gasteiger partial charge in [-0.2, -0.15) is 0 Å². The first-order valence-corrected chi connectivity index (χ1v) is 6.35. The molecule has 0 radical (unpaired) electrons. The van der Waals surface area contributed by atoms with Crippen molar-refractivity contribution in [1.82, 2.24) is 10.6 Å². The Kier molecular flexibility index (Phi) is 5.85. The first kappa shape index (κ1) is 15.0. The lowest BCUT2D eigenvalue weighted by atomic mass is 10.0. The van der Waals surface area contributed by atoms with Gasteiger partial charge in [-0.05, 0) is 18.9 Å². The topological polar surface area (TPSA) is 78.4 Å². The number of aryl methyl sites for hydroxylation is 1. The fraction of sp³-hybridized carbons (Fsp3) is 0.429. The van der Waals surface area contributed by atoms with E-state index in [0.29, 0.717) is 0 Å². The Balaban J connectivity index is 2.50. The lowest BCUT2D eigenvalue weighted by Crippen LogP contribution is -2.38. The standard InChI is InChI=1S/C14H20N2O3/c1-3-12(11-6-4-10(2)5-7-11)16-14(19)15-9-8-13(17)18/h4-7,12H,3,8-9H2,1-2H3,(H,17,18)(H2,15,16,19). The van der Waals surface area contributed by atoms with Crippen molar-refractivity contribution >= 4 is 12.0 Å². The van der Waals surface area contributed by atoms with Crippen molar-refractivity contribution in [2.24, 2.45) is 0 Å². The molecule has 0 spiro atoms. The van der Waals surface area contributed by atoms with Crippen molar-refractivity contribution in [2.75, 3.05) is 6.54 Å². The first-order valence-electron chi connectivity index (χ1n) is 6.35. The SMILES string of the molecule is CCC(NC(=O)NCCC(=O)O)c1ccc(C)cc1. The molecule has 0 aliphatic carbocycles. The number of carbonyl (C=O) groups is 2. The number of urea groups is 1. The van der Waals surface area contributed by atoms with Crippen molar-refractivity contribution in [3.8, 4) is 0 Å². The van der Waals surface area contributed by atoms with Crippen molar-refractivity contribution in [2.45, 2.75) is 32.7 Å². The Morgan fingerprint density at radius 3 is 2.42 bits per heavy atom. The van der Waals surface area contributed by atoms with E-state index in [2.05, 4.69) is 10.6 Å². The molecule has 104 valence electrons. The molecule has 0 fully saturated rings. The smallest absolute Gasteiger partial charge is 0.315 e. The molecular weight excluding hydrogens is 244 g/mol. The molecule has 2 amide bonds. The monoisotopic (exact) mass is 264 g/mol.